The van der Waals surface area contributed by atoms with E-state index in [1.165, 1.54) is 148 Å². The van der Waals surface area contributed by atoms with Crippen molar-refractivity contribution in [2.75, 3.05) is 33.0 Å². The highest BCUT2D eigenvalue weighted by Gasteiger charge is 2.25. The molecule has 0 aromatic carbocycles. The second kappa shape index (κ2) is 44.8. The third-order valence-corrected chi connectivity index (χ3v) is 11.0. The van der Waals surface area contributed by atoms with Crippen LogP contribution in [0.5, 0.6) is 0 Å². The monoisotopic (exact) mass is 812 g/mol. The van der Waals surface area contributed by atoms with Crippen molar-refractivity contribution in [3.05, 3.63) is 36.5 Å². The Balaban J connectivity index is 3.99. The number of allylic oxidation sites excluding steroid dienone is 6. The highest BCUT2D eigenvalue weighted by atomic mass is 31.2. The van der Waals surface area contributed by atoms with Gasteiger partial charge >= 0.3 is 13.8 Å². The van der Waals surface area contributed by atoms with Crippen LogP contribution in [-0.4, -0.2) is 49.9 Å². The summed E-state index contributed by atoms with van der Waals surface area (Å²) >= 11 is 0. The van der Waals surface area contributed by atoms with E-state index in [9.17, 15) is 14.3 Å². The zero-order valence-corrected chi connectivity index (χ0v) is 37.5. The second-order valence-corrected chi connectivity index (χ2v) is 17.1. The van der Waals surface area contributed by atoms with Crippen molar-refractivity contribution < 1.29 is 32.8 Å². The molecule has 9 heteroatoms. The fourth-order valence-corrected chi connectivity index (χ4v) is 7.36. The minimum absolute atomic E-state index is 0.0966. The van der Waals surface area contributed by atoms with Crippen molar-refractivity contribution in [2.24, 2.45) is 5.73 Å². The highest BCUT2D eigenvalue weighted by Crippen LogP contribution is 2.43. The van der Waals surface area contributed by atoms with E-state index in [1.807, 2.05) is 0 Å². The minimum atomic E-state index is -4.28. The summed E-state index contributed by atoms with van der Waals surface area (Å²) in [6.07, 6.45) is 51.6. The van der Waals surface area contributed by atoms with Gasteiger partial charge in [-0.3, -0.25) is 13.8 Å². The first-order valence-corrected chi connectivity index (χ1v) is 25.0. The Bertz CT molecular complexity index is 957. The molecule has 0 rings (SSSR count). The number of rotatable bonds is 45. The number of carbonyl (C=O) groups is 1. The molecule has 2 unspecified atom stereocenters. The topological polar surface area (TPSA) is 117 Å². The molecule has 0 radical (unpaired) electrons. The van der Waals surface area contributed by atoms with Gasteiger partial charge in [-0.1, -0.05) is 198 Å². The molecule has 0 aromatic heterocycles. The number of ether oxygens (including phenoxy) is 2. The average Bonchev–Trinajstić information content (AvgIpc) is 3.19. The summed E-state index contributed by atoms with van der Waals surface area (Å²) in [5, 5.41) is 0. The molecule has 0 saturated carbocycles. The van der Waals surface area contributed by atoms with Gasteiger partial charge in [0.15, 0.2) is 0 Å². The first-order valence-electron chi connectivity index (χ1n) is 23.5. The largest absolute Gasteiger partial charge is 0.472 e. The highest BCUT2D eigenvalue weighted by molar-refractivity contribution is 7.47. The number of unbranched alkanes of at least 4 members (excludes halogenated alkanes) is 26. The number of hydrogen-bond acceptors (Lipinski definition) is 7. The fraction of sp³-hybridized carbons (Fsp3) is 0.851. The summed E-state index contributed by atoms with van der Waals surface area (Å²) in [5.41, 5.74) is 5.38. The quantitative estimate of drug-likeness (QED) is 0.0270. The van der Waals surface area contributed by atoms with Gasteiger partial charge in [0.2, 0.25) is 0 Å². The SMILES string of the molecule is CCCCC/C=C\C/C=C\C/C=C\CCCCCCCCCOCC(COP(=O)(O)OCCN)OC(=O)CCCCCCCCCCCCCCCCCCC. The molecule has 0 aromatic rings. The third kappa shape index (κ3) is 43.8. The predicted molar refractivity (Wildman–Crippen MR) is 238 cm³/mol. The molecule has 0 heterocycles. The molecule has 0 bridgehead atoms. The first kappa shape index (κ1) is 54.7. The smallest absolute Gasteiger partial charge is 0.457 e. The van der Waals surface area contributed by atoms with Crippen LogP contribution in [0, 0.1) is 0 Å². The van der Waals surface area contributed by atoms with Crippen molar-refractivity contribution in [1.82, 2.24) is 0 Å². The number of esters is 1. The average molecular weight is 812 g/mol. The van der Waals surface area contributed by atoms with E-state index in [1.54, 1.807) is 0 Å². The lowest BCUT2D eigenvalue weighted by atomic mass is 10.0. The van der Waals surface area contributed by atoms with Crippen molar-refractivity contribution in [3.8, 4) is 0 Å². The molecule has 0 saturated heterocycles. The van der Waals surface area contributed by atoms with Gasteiger partial charge in [-0.25, -0.2) is 4.57 Å². The second-order valence-electron chi connectivity index (χ2n) is 15.6. The Morgan fingerprint density at radius 1 is 0.536 bits per heavy atom. The third-order valence-electron chi connectivity index (χ3n) is 10.1. The van der Waals surface area contributed by atoms with Crippen LogP contribution in [0.25, 0.3) is 0 Å². The molecule has 0 spiro atoms. The maximum Gasteiger partial charge on any atom is 0.472 e. The van der Waals surface area contributed by atoms with Crippen LogP contribution >= 0.6 is 7.82 Å². The Morgan fingerprint density at radius 2 is 0.946 bits per heavy atom. The minimum Gasteiger partial charge on any atom is -0.457 e. The number of phosphoric acid groups is 1. The maximum atomic E-state index is 12.6. The van der Waals surface area contributed by atoms with Crippen molar-refractivity contribution in [1.29, 1.82) is 0 Å². The molecule has 0 amide bonds. The van der Waals surface area contributed by atoms with Crippen LogP contribution in [0.3, 0.4) is 0 Å². The van der Waals surface area contributed by atoms with E-state index in [-0.39, 0.29) is 32.3 Å². The van der Waals surface area contributed by atoms with E-state index < -0.39 is 13.9 Å². The first-order chi connectivity index (χ1) is 27.4. The Hall–Kier alpha value is -1.28. The molecular formula is C47H90NO7P. The molecule has 8 nitrogen and oxygen atoms in total. The van der Waals surface area contributed by atoms with Crippen molar-refractivity contribution in [3.63, 3.8) is 0 Å². The van der Waals surface area contributed by atoms with Gasteiger partial charge in [-0.05, 0) is 51.4 Å². The van der Waals surface area contributed by atoms with Gasteiger partial charge in [0, 0.05) is 19.6 Å². The van der Waals surface area contributed by atoms with E-state index >= 15 is 0 Å². The molecule has 0 fully saturated rings. The Labute approximate surface area is 346 Å². The lowest BCUT2D eigenvalue weighted by molar-refractivity contribution is -0.154. The molecule has 330 valence electrons. The number of carbonyl (C=O) groups excluding carboxylic acids is 1. The fourth-order valence-electron chi connectivity index (χ4n) is 6.59. The van der Waals surface area contributed by atoms with E-state index in [2.05, 4.69) is 50.3 Å². The van der Waals surface area contributed by atoms with Crippen LogP contribution in [0.4, 0.5) is 0 Å². The van der Waals surface area contributed by atoms with Gasteiger partial charge in [-0.2, -0.15) is 0 Å². The van der Waals surface area contributed by atoms with Crippen LogP contribution in [0.15, 0.2) is 36.5 Å². The van der Waals surface area contributed by atoms with Crippen molar-refractivity contribution in [2.45, 2.75) is 225 Å². The molecule has 2 atom stereocenters. The van der Waals surface area contributed by atoms with Gasteiger partial charge in [-0.15, -0.1) is 0 Å². The number of nitrogens with two attached hydrogens (primary N) is 1. The van der Waals surface area contributed by atoms with Gasteiger partial charge in [0.25, 0.3) is 0 Å². The Kier molecular flexibility index (Phi) is 43.8. The Morgan fingerprint density at radius 3 is 1.45 bits per heavy atom. The summed E-state index contributed by atoms with van der Waals surface area (Å²) in [7, 11) is -4.28. The van der Waals surface area contributed by atoms with Gasteiger partial charge in [0.05, 0.1) is 19.8 Å². The van der Waals surface area contributed by atoms with Gasteiger partial charge in [0.1, 0.15) is 6.10 Å². The van der Waals surface area contributed by atoms with Crippen LogP contribution in [0.1, 0.15) is 219 Å². The van der Waals surface area contributed by atoms with Crippen LogP contribution < -0.4 is 5.73 Å². The molecule has 3 N–H and O–H groups in total. The zero-order valence-electron chi connectivity index (χ0n) is 36.6. The van der Waals surface area contributed by atoms with E-state index in [0.717, 1.165) is 51.4 Å². The molecule has 0 aliphatic rings. The van der Waals surface area contributed by atoms with Crippen LogP contribution in [-0.2, 0) is 27.9 Å². The molecular weight excluding hydrogens is 721 g/mol. The summed E-state index contributed by atoms with van der Waals surface area (Å²) in [6, 6.07) is 0. The lowest BCUT2D eigenvalue weighted by Gasteiger charge is -2.20. The standard InChI is InChI=1S/C47H90NO7P/c1-3-5-7-9-11-13-15-17-19-21-22-23-25-27-29-31-33-35-37-39-42-52-44-46(45-54-56(50,51)53-43-41-48)55-47(49)40-38-36-34-32-30-28-26-24-20-18-16-14-12-10-8-6-4-2/h11,13,17,19,22-23,46H,3-10,12,14-16,18,20-21,24-45,48H2,1-2H3,(H,50,51)/b13-11-,19-17-,23-22-. The molecule has 0 aliphatic heterocycles. The van der Waals surface area contributed by atoms with E-state index in [4.69, 9.17) is 24.3 Å². The van der Waals surface area contributed by atoms with Gasteiger partial charge < -0.3 is 20.1 Å². The lowest BCUT2D eigenvalue weighted by Crippen LogP contribution is -2.28. The predicted octanol–water partition coefficient (Wildman–Crippen LogP) is 14.2. The summed E-state index contributed by atoms with van der Waals surface area (Å²) in [4.78, 5) is 22.5. The summed E-state index contributed by atoms with van der Waals surface area (Å²) in [5.74, 6) is -0.331. The normalized spacial score (nSPS) is 13.7. The summed E-state index contributed by atoms with van der Waals surface area (Å²) in [6.45, 7) is 4.90. The number of hydrogen-bond donors (Lipinski definition) is 2. The van der Waals surface area contributed by atoms with Crippen LogP contribution in [0.2, 0.25) is 0 Å². The number of phosphoric ester groups is 1. The maximum absolute atomic E-state index is 12.6. The summed E-state index contributed by atoms with van der Waals surface area (Å²) < 4.78 is 33.5. The molecule has 56 heavy (non-hydrogen) atoms. The molecule has 0 aliphatic carbocycles. The van der Waals surface area contributed by atoms with E-state index in [0.29, 0.717) is 13.0 Å². The van der Waals surface area contributed by atoms with Crippen molar-refractivity contribution >= 4 is 13.8 Å². The zero-order chi connectivity index (χ0) is 40.9.